The molecule has 0 aromatic rings. The molecule has 0 unspecified atom stereocenters. The van der Waals surface area contributed by atoms with Gasteiger partial charge in [-0.25, -0.2) is 4.79 Å². The Morgan fingerprint density at radius 1 is 0.588 bits per heavy atom. The molecule has 1 amide bonds. The molecule has 4 nitrogen and oxygen atoms in total. The van der Waals surface area contributed by atoms with Crippen molar-refractivity contribution >= 4 is 6.09 Å². The number of hydrogen-bond donors (Lipinski definition) is 1. The van der Waals surface area contributed by atoms with Crippen molar-refractivity contribution in [3.63, 3.8) is 0 Å². The van der Waals surface area contributed by atoms with E-state index in [1.54, 1.807) is 0 Å². The lowest BCUT2D eigenvalue weighted by molar-refractivity contribution is 0.0522. The van der Waals surface area contributed by atoms with Crippen LogP contribution in [0.3, 0.4) is 0 Å². The molecule has 0 rings (SSSR count). The van der Waals surface area contributed by atoms with Gasteiger partial charge in [0.15, 0.2) is 0 Å². The van der Waals surface area contributed by atoms with Crippen LogP contribution in [0.2, 0.25) is 0 Å². The van der Waals surface area contributed by atoms with Crippen molar-refractivity contribution in [2.75, 3.05) is 26.2 Å². The number of carbonyl (C=O) groups is 1. The molecule has 0 saturated heterocycles. The van der Waals surface area contributed by atoms with Crippen molar-refractivity contribution in [1.29, 1.82) is 0 Å². The highest BCUT2D eigenvalue weighted by atomic mass is 16.6. The topological polar surface area (TPSA) is 41.6 Å². The maximum absolute atomic E-state index is 11.9. The Kier molecular flexibility index (Phi) is 23.4. The molecule has 0 aliphatic rings. The number of nitrogens with one attached hydrogen (secondary N) is 1. The Labute approximate surface area is 214 Å². The highest BCUT2D eigenvalue weighted by Crippen LogP contribution is 2.14. The SMILES string of the molecule is CCCCCCCCCCCCCCCCCCN(CCCCC)CCNC(=O)OC(C)(C)C. The summed E-state index contributed by atoms with van der Waals surface area (Å²) in [6, 6.07) is 0. The van der Waals surface area contributed by atoms with Crippen molar-refractivity contribution in [1.82, 2.24) is 10.2 Å². The van der Waals surface area contributed by atoms with Gasteiger partial charge in [-0.3, -0.25) is 0 Å². The van der Waals surface area contributed by atoms with E-state index in [2.05, 4.69) is 24.1 Å². The molecule has 34 heavy (non-hydrogen) atoms. The fraction of sp³-hybridized carbons (Fsp3) is 0.967. The van der Waals surface area contributed by atoms with E-state index in [0.29, 0.717) is 6.54 Å². The average Bonchev–Trinajstić information content (AvgIpc) is 2.77. The summed E-state index contributed by atoms with van der Waals surface area (Å²) in [6.45, 7) is 14.1. The minimum absolute atomic E-state index is 0.302. The Hall–Kier alpha value is -0.770. The lowest BCUT2D eigenvalue weighted by Gasteiger charge is -2.24. The van der Waals surface area contributed by atoms with Crippen LogP contribution >= 0.6 is 0 Å². The van der Waals surface area contributed by atoms with E-state index in [9.17, 15) is 4.79 Å². The first-order valence-corrected chi connectivity index (χ1v) is 15.1. The van der Waals surface area contributed by atoms with E-state index in [-0.39, 0.29) is 6.09 Å². The number of nitrogens with zero attached hydrogens (tertiary/aromatic N) is 1. The highest BCUT2D eigenvalue weighted by Gasteiger charge is 2.15. The summed E-state index contributed by atoms with van der Waals surface area (Å²) in [5, 5.41) is 2.91. The van der Waals surface area contributed by atoms with Gasteiger partial charge in [-0.2, -0.15) is 0 Å². The van der Waals surface area contributed by atoms with Gasteiger partial charge in [0, 0.05) is 13.1 Å². The molecule has 0 atom stereocenters. The van der Waals surface area contributed by atoms with Crippen LogP contribution in [0.25, 0.3) is 0 Å². The maximum Gasteiger partial charge on any atom is 0.407 e. The van der Waals surface area contributed by atoms with Gasteiger partial charge in [-0.05, 0) is 46.7 Å². The molecule has 0 aliphatic carbocycles. The second-order valence-corrected chi connectivity index (χ2v) is 11.3. The van der Waals surface area contributed by atoms with Gasteiger partial charge in [-0.1, -0.05) is 123 Å². The van der Waals surface area contributed by atoms with Crippen LogP contribution in [0, 0.1) is 0 Å². The van der Waals surface area contributed by atoms with Crippen molar-refractivity contribution in [2.24, 2.45) is 0 Å². The molecular weight excluding hydrogens is 420 g/mol. The second kappa shape index (κ2) is 23.9. The first-order valence-electron chi connectivity index (χ1n) is 15.1. The molecule has 0 heterocycles. The largest absolute Gasteiger partial charge is 0.444 e. The number of rotatable bonds is 24. The normalized spacial score (nSPS) is 11.8. The molecular formula is C30H62N2O2. The summed E-state index contributed by atoms with van der Waals surface area (Å²) in [4.78, 5) is 14.4. The lowest BCUT2D eigenvalue weighted by Crippen LogP contribution is -2.38. The van der Waals surface area contributed by atoms with E-state index < -0.39 is 5.60 Å². The third kappa shape index (κ3) is 25.8. The molecule has 0 saturated carbocycles. The van der Waals surface area contributed by atoms with Crippen LogP contribution in [0.4, 0.5) is 4.79 Å². The zero-order chi connectivity index (χ0) is 25.3. The van der Waals surface area contributed by atoms with Crippen molar-refractivity contribution in [3.05, 3.63) is 0 Å². The zero-order valence-electron chi connectivity index (χ0n) is 24.0. The first-order chi connectivity index (χ1) is 16.4. The maximum atomic E-state index is 11.9. The predicted octanol–water partition coefficient (Wildman–Crippen LogP) is 9.26. The molecule has 0 aromatic heterocycles. The van der Waals surface area contributed by atoms with Gasteiger partial charge in [0.1, 0.15) is 5.60 Å². The van der Waals surface area contributed by atoms with Crippen molar-refractivity contribution < 1.29 is 9.53 Å². The predicted molar refractivity (Wildman–Crippen MR) is 150 cm³/mol. The molecule has 204 valence electrons. The van der Waals surface area contributed by atoms with Crippen LogP contribution in [-0.4, -0.2) is 42.8 Å². The monoisotopic (exact) mass is 482 g/mol. The Morgan fingerprint density at radius 3 is 1.35 bits per heavy atom. The number of carbonyl (C=O) groups excluding carboxylic acids is 1. The van der Waals surface area contributed by atoms with Gasteiger partial charge < -0.3 is 15.0 Å². The molecule has 4 heteroatoms. The van der Waals surface area contributed by atoms with Crippen molar-refractivity contribution in [3.8, 4) is 0 Å². The van der Waals surface area contributed by atoms with Gasteiger partial charge in [0.05, 0.1) is 0 Å². The quantitative estimate of drug-likeness (QED) is 0.139. The summed E-state index contributed by atoms with van der Waals surface area (Å²) < 4.78 is 5.34. The van der Waals surface area contributed by atoms with Crippen LogP contribution in [0.5, 0.6) is 0 Å². The lowest BCUT2D eigenvalue weighted by atomic mass is 10.0. The van der Waals surface area contributed by atoms with Crippen molar-refractivity contribution in [2.45, 2.75) is 162 Å². The molecule has 0 radical (unpaired) electrons. The minimum Gasteiger partial charge on any atom is -0.444 e. The van der Waals surface area contributed by atoms with E-state index in [0.717, 1.165) is 19.6 Å². The molecule has 1 N–H and O–H groups in total. The smallest absolute Gasteiger partial charge is 0.407 e. The number of hydrogen-bond acceptors (Lipinski definition) is 3. The van der Waals surface area contributed by atoms with Gasteiger partial charge in [0.25, 0.3) is 0 Å². The highest BCUT2D eigenvalue weighted by molar-refractivity contribution is 5.67. The van der Waals surface area contributed by atoms with E-state index >= 15 is 0 Å². The molecule has 0 spiro atoms. The van der Waals surface area contributed by atoms with Gasteiger partial charge in [-0.15, -0.1) is 0 Å². The number of alkyl carbamates (subject to hydrolysis) is 1. The number of ether oxygens (including phenoxy) is 1. The summed E-state index contributed by atoms with van der Waals surface area (Å²) in [5.74, 6) is 0. The zero-order valence-corrected chi connectivity index (χ0v) is 24.0. The fourth-order valence-corrected chi connectivity index (χ4v) is 4.43. The first kappa shape index (κ1) is 33.2. The van der Waals surface area contributed by atoms with Crippen LogP contribution in [0.1, 0.15) is 157 Å². The molecule has 0 aromatic carbocycles. The van der Waals surface area contributed by atoms with Gasteiger partial charge in [0.2, 0.25) is 0 Å². The van der Waals surface area contributed by atoms with E-state index in [1.165, 1.54) is 122 Å². The number of unbranched alkanes of at least 4 members (excludes halogenated alkanes) is 17. The summed E-state index contributed by atoms with van der Waals surface area (Å²) in [6.07, 6.45) is 26.1. The van der Waals surface area contributed by atoms with E-state index in [4.69, 9.17) is 4.74 Å². The summed E-state index contributed by atoms with van der Waals surface area (Å²) >= 11 is 0. The Balaban J connectivity index is 3.66. The average molecular weight is 483 g/mol. The molecule has 0 fully saturated rings. The van der Waals surface area contributed by atoms with Crippen LogP contribution in [-0.2, 0) is 4.74 Å². The Morgan fingerprint density at radius 2 is 0.941 bits per heavy atom. The third-order valence-electron chi connectivity index (χ3n) is 6.50. The second-order valence-electron chi connectivity index (χ2n) is 11.3. The molecule has 0 bridgehead atoms. The standard InChI is InChI=1S/C30H62N2O2/c1-6-8-10-11-12-13-14-15-16-17-18-19-20-21-22-24-27-32(26-23-9-7-2)28-25-31-29(33)34-30(3,4)5/h6-28H2,1-5H3,(H,31,33). The number of amides is 1. The Bertz CT molecular complexity index is 434. The third-order valence-corrected chi connectivity index (χ3v) is 6.50. The summed E-state index contributed by atoms with van der Waals surface area (Å²) in [5.41, 5.74) is -0.432. The fourth-order valence-electron chi connectivity index (χ4n) is 4.43. The minimum atomic E-state index is -0.432. The molecule has 0 aliphatic heterocycles. The summed E-state index contributed by atoms with van der Waals surface area (Å²) in [7, 11) is 0. The van der Waals surface area contributed by atoms with E-state index in [1.807, 2.05) is 20.8 Å². The van der Waals surface area contributed by atoms with Gasteiger partial charge >= 0.3 is 6.09 Å². The van der Waals surface area contributed by atoms with Crippen LogP contribution in [0.15, 0.2) is 0 Å². The van der Waals surface area contributed by atoms with Crippen LogP contribution < -0.4 is 5.32 Å².